The first kappa shape index (κ1) is 23.7. The van der Waals surface area contributed by atoms with E-state index < -0.39 is 23.4 Å². The number of nitrogens with zero attached hydrogens (tertiary/aromatic N) is 4. The smallest absolute Gasteiger partial charge is 0.283 e. The molecule has 6 rings (SSSR count). The first-order chi connectivity index (χ1) is 18.3. The number of hydrogen-bond donors (Lipinski definition) is 2. The van der Waals surface area contributed by atoms with Crippen molar-refractivity contribution in [1.82, 2.24) is 15.0 Å². The van der Waals surface area contributed by atoms with Crippen molar-refractivity contribution >= 4 is 29.2 Å². The molecule has 0 saturated heterocycles. The van der Waals surface area contributed by atoms with E-state index in [9.17, 15) is 9.18 Å². The van der Waals surface area contributed by atoms with Crippen LogP contribution in [-0.2, 0) is 10.3 Å². The van der Waals surface area contributed by atoms with Gasteiger partial charge in [0.1, 0.15) is 11.4 Å². The number of aromatic nitrogens is 3. The molecule has 2 aliphatic rings. The van der Waals surface area contributed by atoms with Crippen LogP contribution in [-0.4, -0.2) is 33.4 Å². The van der Waals surface area contributed by atoms with Crippen LogP contribution in [0.3, 0.4) is 0 Å². The van der Waals surface area contributed by atoms with Crippen molar-refractivity contribution in [2.75, 3.05) is 11.9 Å². The number of nitrogens with two attached hydrogens (primary N) is 1. The minimum atomic E-state index is -1.32. The normalized spacial score (nSPS) is 17.5. The minimum Gasteiger partial charge on any atom is -0.452 e. The molecule has 0 bridgehead atoms. The number of carbonyl (C=O) groups is 1. The maximum absolute atomic E-state index is 15.4. The van der Waals surface area contributed by atoms with Crippen molar-refractivity contribution in [3.05, 3.63) is 94.7 Å². The molecule has 0 radical (unpaired) electrons. The molecule has 3 N–H and O–H groups in total. The van der Waals surface area contributed by atoms with Crippen LogP contribution in [0.5, 0.6) is 11.5 Å². The Bertz CT molecular complexity index is 1630. The number of rotatable bonds is 3. The van der Waals surface area contributed by atoms with E-state index in [2.05, 4.69) is 25.3 Å². The van der Waals surface area contributed by atoms with Gasteiger partial charge in [-0.1, -0.05) is 11.6 Å². The number of amides is 1. The number of nitrogens with one attached hydrogen (secondary N) is 1. The number of ether oxygens (including phenoxy) is 2. The van der Waals surface area contributed by atoms with Crippen LogP contribution in [0, 0.1) is 11.9 Å². The van der Waals surface area contributed by atoms with Crippen molar-refractivity contribution in [3.63, 3.8) is 0 Å². The molecule has 9 nitrogen and oxygen atoms in total. The van der Waals surface area contributed by atoms with E-state index in [4.69, 9.17) is 26.8 Å². The van der Waals surface area contributed by atoms with Crippen LogP contribution in [0.15, 0.2) is 65.9 Å². The molecule has 5 heterocycles. The molecule has 0 fully saturated rings. The van der Waals surface area contributed by atoms with E-state index in [1.165, 1.54) is 24.5 Å². The summed E-state index contributed by atoms with van der Waals surface area (Å²) in [5.74, 6) is -1.96. The van der Waals surface area contributed by atoms with Gasteiger partial charge in [0.25, 0.3) is 17.9 Å². The highest BCUT2D eigenvalue weighted by Crippen LogP contribution is 2.53. The summed E-state index contributed by atoms with van der Waals surface area (Å²) in [6.45, 7) is 0.277. The van der Waals surface area contributed by atoms with E-state index in [1.54, 1.807) is 30.3 Å². The molecule has 1 spiro atoms. The number of halogens is 3. The average molecular weight is 535 g/mol. The maximum atomic E-state index is 15.4. The molecule has 0 saturated carbocycles. The second-order valence-electron chi connectivity index (χ2n) is 8.57. The zero-order valence-electron chi connectivity index (χ0n) is 19.4. The number of amidine groups is 1. The number of pyridine rings is 3. The number of aliphatic imine (C=N–C) groups is 1. The second-order valence-corrected chi connectivity index (χ2v) is 9.01. The fraction of sp³-hybridized carbons (Fsp3) is 0.115. The summed E-state index contributed by atoms with van der Waals surface area (Å²) in [5, 5.41) is 3.19. The first-order valence-electron chi connectivity index (χ1n) is 11.4. The van der Waals surface area contributed by atoms with Crippen LogP contribution in [0.1, 0.15) is 28.0 Å². The Kier molecular flexibility index (Phi) is 5.64. The fourth-order valence-corrected chi connectivity index (χ4v) is 4.66. The van der Waals surface area contributed by atoms with E-state index in [-0.39, 0.29) is 36.1 Å². The van der Waals surface area contributed by atoms with Crippen LogP contribution >= 0.6 is 11.6 Å². The summed E-state index contributed by atoms with van der Waals surface area (Å²) in [7, 11) is 0. The summed E-state index contributed by atoms with van der Waals surface area (Å²) in [4.78, 5) is 28.5. The number of fused-ring (bicyclic) bond motifs is 4. The lowest BCUT2D eigenvalue weighted by Gasteiger charge is -2.41. The van der Waals surface area contributed by atoms with Gasteiger partial charge in [0.05, 0.1) is 10.7 Å². The van der Waals surface area contributed by atoms with Crippen molar-refractivity contribution < 1.29 is 23.0 Å². The van der Waals surface area contributed by atoms with E-state index in [0.29, 0.717) is 33.1 Å². The SMILES string of the molecule is NC1=NCC[C@]2(O1)c1cc(NC(=O)c3ccc(Cl)cn3)ccc1Oc1c2cc(-c2ccnc(F)c2)nc1F. The molecule has 38 heavy (non-hydrogen) atoms. The lowest BCUT2D eigenvalue weighted by atomic mass is 9.79. The van der Waals surface area contributed by atoms with E-state index in [1.807, 2.05) is 0 Å². The topological polar surface area (TPSA) is 125 Å². The molecule has 1 aromatic carbocycles. The van der Waals surface area contributed by atoms with Gasteiger partial charge in [-0.05, 0) is 42.5 Å². The highest BCUT2D eigenvalue weighted by atomic mass is 35.5. The Morgan fingerprint density at radius 2 is 1.95 bits per heavy atom. The molecule has 0 unspecified atom stereocenters. The Labute approximate surface area is 219 Å². The first-order valence-corrected chi connectivity index (χ1v) is 11.8. The van der Waals surface area contributed by atoms with Crippen molar-refractivity contribution in [1.29, 1.82) is 0 Å². The number of hydrogen-bond acceptors (Lipinski definition) is 8. The Hall–Kier alpha value is -4.64. The second kappa shape index (κ2) is 9.03. The molecule has 0 aliphatic carbocycles. The van der Waals surface area contributed by atoms with Crippen molar-refractivity contribution in [3.8, 4) is 22.8 Å². The van der Waals surface area contributed by atoms with Gasteiger partial charge in [0.15, 0.2) is 11.4 Å². The maximum Gasteiger partial charge on any atom is 0.283 e. The minimum absolute atomic E-state index is 0.0939. The summed E-state index contributed by atoms with van der Waals surface area (Å²) in [6, 6.07) is 12.0. The molecular weight excluding hydrogens is 518 g/mol. The average Bonchev–Trinajstić information content (AvgIpc) is 2.90. The van der Waals surface area contributed by atoms with Gasteiger partial charge in [0, 0.05) is 53.8 Å². The Morgan fingerprint density at radius 1 is 1.08 bits per heavy atom. The quantitative estimate of drug-likeness (QED) is 0.361. The predicted octanol–water partition coefficient (Wildman–Crippen LogP) is 4.81. The van der Waals surface area contributed by atoms with Crippen molar-refractivity contribution in [2.24, 2.45) is 10.7 Å². The zero-order valence-corrected chi connectivity index (χ0v) is 20.2. The molecule has 4 aromatic rings. The molecular formula is C26H17ClF2N6O3. The van der Waals surface area contributed by atoms with Crippen LogP contribution < -0.4 is 15.8 Å². The summed E-state index contributed by atoms with van der Waals surface area (Å²) < 4.78 is 41.2. The molecule has 1 atom stereocenters. The van der Waals surface area contributed by atoms with Gasteiger partial charge in [-0.3, -0.25) is 4.79 Å². The third kappa shape index (κ3) is 4.06. The fourth-order valence-electron chi connectivity index (χ4n) is 4.55. The molecule has 1 amide bonds. The highest BCUT2D eigenvalue weighted by Gasteiger charge is 2.48. The Balaban J connectivity index is 1.46. The lowest BCUT2D eigenvalue weighted by Crippen LogP contribution is -2.42. The highest BCUT2D eigenvalue weighted by molar-refractivity contribution is 6.30. The number of benzene rings is 1. The van der Waals surface area contributed by atoms with E-state index >= 15 is 4.39 Å². The lowest BCUT2D eigenvalue weighted by molar-refractivity contribution is 0.0624. The molecule has 190 valence electrons. The zero-order chi connectivity index (χ0) is 26.4. The standard InChI is InChI=1S/C26H17ClF2N6O3/c27-14-1-3-18(33-12-14)24(36)34-15-2-4-20-16(10-15)26(6-8-32-25(30)38-26)17-11-19(35-23(29)22(17)37-20)13-5-7-31-21(28)9-13/h1-5,7,9-12H,6,8H2,(H2,30,32)(H,34,36)/t26-/m0/s1. The van der Waals surface area contributed by atoms with Gasteiger partial charge in [-0.25, -0.2) is 19.9 Å². The molecule has 3 aromatic heterocycles. The van der Waals surface area contributed by atoms with Crippen LogP contribution in [0.2, 0.25) is 5.02 Å². The van der Waals surface area contributed by atoms with Crippen LogP contribution in [0.25, 0.3) is 11.3 Å². The van der Waals surface area contributed by atoms with Gasteiger partial charge in [-0.2, -0.15) is 8.78 Å². The monoisotopic (exact) mass is 534 g/mol. The Morgan fingerprint density at radius 3 is 2.71 bits per heavy atom. The van der Waals surface area contributed by atoms with Gasteiger partial charge < -0.3 is 20.5 Å². The van der Waals surface area contributed by atoms with E-state index in [0.717, 1.165) is 6.07 Å². The predicted molar refractivity (Wildman–Crippen MR) is 134 cm³/mol. The van der Waals surface area contributed by atoms with Crippen LogP contribution in [0.4, 0.5) is 14.5 Å². The van der Waals surface area contributed by atoms with Gasteiger partial charge in [0.2, 0.25) is 5.95 Å². The third-order valence-electron chi connectivity index (χ3n) is 6.24. The van der Waals surface area contributed by atoms with Gasteiger partial charge >= 0.3 is 0 Å². The number of anilines is 1. The summed E-state index contributed by atoms with van der Waals surface area (Å²) in [6.07, 6.45) is 2.91. The molecule has 2 aliphatic heterocycles. The molecule has 12 heteroatoms. The van der Waals surface area contributed by atoms with Gasteiger partial charge in [-0.15, -0.1) is 0 Å². The number of carbonyl (C=O) groups excluding carboxylic acids is 1. The third-order valence-corrected chi connectivity index (χ3v) is 6.47. The summed E-state index contributed by atoms with van der Waals surface area (Å²) in [5.41, 5.74) is 6.50. The van der Waals surface area contributed by atoms with Crippen molar-refractivity contribution in [2.45, 2.75) is 12.0 Å². The summed E-state index contributed by atoms with van der Waals surface area (Å²) >= 11 is 5.87. The largest absolute Gasteiger partial charge is 0.452 e.